The van der Waals surface area contributed by atoms with Crippen LogP contribution in [0.2, 0.25) is 0 Å². The zero-order valence-electron chi connectivity index (χ0n) is 22.5. The molecule has 0 saturated carbocycles. The lowest BCUT2D eigenvalue weighted by Crippen LogP contribution is -2.47. The van der Waals surface area contributed by atoms with E-state index in [0.29, 0.717) is 35.2 Å². The van der Waals surface area contributed by atoms with E-state index < -0.39 is 17.5 Å². The van der Waals surface area contributed by atoms with Gasteiger partial charge in [0.2, 0.25) is 5.82 Å². The Labute approximate surface area is 226 Å². The van der Waals surface area contributed by atoms with Gasteiger partial charge < -0.3 is 30.2 Å². The number of aromatic nitrogens is 3. The number of anilines is 2. The van der Waals surface area contributed by atoms with Crippen LogP contribution in [0.15, 0.2) is 48.8 Å². The second kappa shape index (κ2) is 12.6. The number of likely N-dealkylation sites (N-methyl/N-ethyl adjacent to an activating group) is 1. The number of nitrogens with one attached hydrogen (secondary N) is 3. The first-order chi connectivity index (χ1) is 18.8. The maximum atomic E-state index is 15.1. The van der Waals surface area contributed by atoms with Gasteiger partial charge in [0.25, 0.3) is 11.8 Å². The lowest BCUT2D eigenvalue weighted by Gasteiger charge is -2.32. The van der Waals surface area contributed by atoms with E-state index in [2.05, 4.69) is 37.4 Å². The highest BCUT2D eigenvalue weighted by atomic mass is 19.1. The molecule has 4 aromatic rings. The summed E-state index contributed by atoms with van der Waals surface area (Å²) in [6.07, 6.45) is 1.13. The van der Waals surface area contributed by atoms with Crippen molar-refractivity contribution in [2.45, 2.75) is 13.8 Å². The molecule has 5 rings (SSSR count). The lowest BCUT2D eigenvalue weighted by molar-refractivity contribution is 0.0664. The second-order valence-electron chi connectivity index (χ2n) is 9.24. The number of piperazine rings is 1. The van der Waals surface area contributed by atoms with Crippen molar-refractivity contribution < 1.29 is 18.3 Å². The molecule has 0 bridgehead atoms. The second-order valence-corrected chi connectivity index (χ2v) is 9.24. The Morgan fingerprint density at radius 2 is 1.74 bits per heavy atom. The van der Waals surface area contributed by atoms with Crippen LogP contribution < -0.4 is 15.4 Å². The minimum Gasteiger partial charge on any atom is -0.433 e. The van der Waals surface area contributed by atoms with Crippen molar-refractivity contribution >= 4 is 28.3 Å². The topological polar surface area (TPSA) is 98.4 Å². The summed E-state index contributed by atoms with van der Waals surface area (Å²) in [6.45, 7) is 8.00. The van der Waals surface area contributed by atoms with E-state index in [4.69, 9.17) is 4.74 Å². The molecule has 0 aliphatic carbocycles. The fraction of sp³-hybridized carbons (Fsp3) is 0.321. The van der Waals surface area contributed by atoms with Crippen molar-refractivity contribution in [2.24, 2.45) is 0 Å². The Morgan fingerprint density at radius 3 is 2.41 bits per heavy atom. The van der Waals surface area contributed by atoms with Crippen LogP contribution >= 0.6 is 0 Å². The van der Waals surface area contributed by atoms with Crippen LogP contribution in [-0.4, -0.2) is 77.5 Å². The maximum Gasteiger partial charge on any atom is 0.261 e. The molecule has 0 atom stereocenters. The Morgan fingerprint density at radius 1 is 1.05 bits per heavy atom. The summed E-state index contributed by atoms with van der Waals surface area (Å²) in [5.41, 5.74) is 2.50. The Balaban J connectivity index is 0.000000826. The molecule has 1 amide bonds. The number of nitrogens with zero attached hydrogens (tertiary/aromatic N) is 4. The minimum absolute atomic E-state index is 0.0369. The number of ether oxygens (including phenoxy) is 1. The van der Waals surface area contributed by atoms with Gasteiger partial charge in [0.1, 0.15) is 6.33 Å². The molecule has 1 aliphatic heterocycles. The van der Waals surface area contributed by atoms with Crippen LogP contribution in [0, 0.1) is 18.6 Å². The lowest BCUT2D eigenvalue weighted by atomic mass is 10.1. The maximum absolute atomic E-state index is 15.1. The Kier molecular flexibility index (Phi) is 9.05. The standard InChI is InChI=1S/C25H24F2N6O2.C3H9N/c1-15-13-18-19(30-15)7-8-20(21(18)26)35-24-22(27)23(28-14-29-24)31-17-5-3-16(4-6-17)25(34)33-11-9-32(2)10-12-33;1-3-4-2/h3-8,13-14,30H,9-12H2,1-2H3,(H,28,29,31);4H,3H2,1-2H3. The molecule has 0 spiro atoms. The van der Waals surface area contributed by atoms with Crippen LogP contribution in [0.3, 0.4) is 0 Å². The number of carbonyl (C=O) groups is 1. The third kappa shape index (κ3) is 6.68. The monoisotopic (exact) mass is 537 g/mol. The van der Waals surface area contributed by atoms with Crippen molar-refractivity contribution in [2.75, 3.05) is 52.1 Å². The van der Waals surface area contributed by atoms with E-state index in [1.165, 1.54) is 6.07 Å². The summed E-state index contributed by atoms with van der Waals surface area (Å²) in [5, 5.41) is 6.14. The Bertz CT molecular complexity index is 1420. The van der Waals surface area contributed by atoms with E-state index >= 15 is 4.39 Å². The highest BCUT2D eigenvalue weighted by molar-refractivity contribution is 5.94. The third-order valence-corrected chi connectivity index (χ3v) is 6.34. The molecular weight excluding hydrogens is 504 g/mol. The molecule has 0 radical (unpaired) electrons. The predicted molar refractivity (Wildman–Crippen MR) is 148 cm³/mol. The molecule has 1 fully saturated rings. The number of carbonyl (C=O) groups excluding carboxylic acids is 1. The molecular formula is C28H33F2N7O2. The molecule has 2 aromatic heterocycles. The summed E-state index contributed by atoms with van der Waals surface area (Å²) in [6, 6.07) is 11.4. The fourth-order valence-corrected chi connectivity index (χ4v) is 4.01. The van der Waals surface area contributed by atoms with Crippen LogP contribution in [-0.2, 0) is 0 Å². The van der Waals surface area contributed by atoms with Gasteiger partial charge in [-0.25, -0.2) is 9.37 Å². The Hall–Kier alpha value is -4.09. The van der Waals surface area contributed by atoms with Gasteiger partial charge in [0, 0.05) is 54.0 Å². The van der Waals surface area contributed by atoms with Crippen molar-refractivity contribution in [1.82, 2.24) is 30.1 Å². The predicted octanol–water partition coefficient (Wildman–Crippen LogP) is 4.69. The quantitative estimate of drug-likeness (QED) is 0.328. The third-order valence-electron chi connectivity index (χ3n) is 6.34. The van der Waals surface area contributed by atoms with E-state index in [1.807, 2.05) is 25.9 Å². The van der Waals surface area contributed by atoms with Crippen LogP contribution in [0.1, 0.15) is 23.0 Å². The molecule has 3 N–H and O–H groups in total. The molecule has 2 aromatic carbocycles. The van der Waals surface area contributed by atoms with Gasteiger partial charge >= 0.3 is 0 Å². The molecule has 11 heteroatoms. The van der Waals surface area contributed by atoms with Gasteiger partial charge in [-0.1, -0.05) is 6.92 Å². The first-order valence-electron chi connectivity index (χ1n) is 12.8. The summed E-state index contributed by atoms with van der Waals surface area (Å²) < 4.78 is 35.4. The summed E-state index contributed by atoms with van der Waals surface area (Å²) in [7, 11) is 3.96. The van der Waals surface area contributed by atoms with Gasteiger partial charge in [0.15, 0.2) is 17.4 Å². The fourth-order valence-electron chi connectivity index (χ4n) is 4.01. The van der Waals surface area contributed by atoms with Crippen LogP contribution in [0.25, 0.3) is 10.9 Å². The van der Waals surface area contributed by atoms with Crippen molar-refractivity contribution in [3.05, 3.63) is 71.7 Å². The summed E-state index contributed by atoms with van der Waals surface area (Å²) in [4.78, 5) is 27.5. The number of aryl methyl sites for hydroxylation is 1. The van der Waals surface area contributed by atoms with Crippen LogP contribution in [0.5, 0.6) is 11.6 Å². The van der Waals surface area contributed by atoms with E-state index in [9.17, 15) is 9.18 Å². The highest BCUT2D eigenvalue weighted by Gasteiger charge is 2.21. The van der Waals surface area contributed by atoms with Gasteiger partial charge in [0.05, 0.1) is 0 Å². The zero-order chi connectivity index (χ0) is 27.9. The zero-order valence-corrected chi connectivity index (χ0v) is 22.5. The number of halogens is 2. The van der Waals surface area contributed by atoms with Crippen molar-refractivity contribution in [3.8, 4) is 11.6 Å². The average molecular weight is 538 g/mol. The first kappa shape index (κ1) is 27.9. The number of benzene rings is 2. The molecule has 39 heavy (non-hydrogen) atoms. The van der Waals surface area contributed by atoms with Gasteiger partial charge in [-0.3, -0.25) is 4.79 Å². The largest absolute Gasteiger partial charge is 0.433 e. The SMILES string of the molecule is CCNC.Cc1cc2c(F)c(Oc3ncnc(Nc4ccc(C(=O)N5CCN(C)CC5)cc4)c3F)ccc2[nH]1. The van der Waals surface area contributed by atoms with E-state index in [1.54, 1.807) is 36.4 Å². The van der Waals surface area contributed by atoms with Gasteiger partial charge in [-0.2, -0.15) is 9.37 Å². The van der Waals surface area contributed by atoms with E-state index in [0.717, 1.165) is 31.7 Å². The van der Waals surface area contributed by atoms with Crippen molar-refractivity contribution in [3.63, 3.8) is 0 Å². The molecule has 1 aliphatic rings. The number of hydrogen-bond acceptors (Lipinski definition) is 7. The smallest absolute Gasteiger partial charge is 0.261 e. The first-order valence-corrected chi connectivity index (χ1v) is 12.8. The van der Waals surface area contributed by atoms with Crippen molar-refractivity contribution in [1.29, 1.82) is 0 Å². The number of aromatic amines is 1. The molecule has 0 unspecified atom stereocenters. The van der Waals surface area contributed by atoms with E-state index in [-0.39, 0.29) is 17.5 Å². The number of H-pyrrole nitrogens is 1. The minimum atomic E-state index is -0.866. The normalized spacial score (nSPS) is 13.6. The molecule has 206 valence electrons. The number of amides is 1. The molecule has 9 nitrogen and oxygen atoms in total. The van der Waals surface area contributed by atoms with Gasteiger partial charge in [-0.15, -0.1) is 0 Å². The average Bonchev–Trinajstić information content (AvgIpc) is 3.34. The molecule has 1 saturated heterocycles. The summed E-state index contributed by atoms with van der Waals surface area (Å²) in [5.74, 6) is -2.20. The summed E-state index contributed by atoms with van der Waals surface area (Å²) >= 11 is 0. The van der Waals surface area contributed by atoms with Crippen LogP contribution in [0.4, 0.5) is 20.3 Å². The highest BCUT2D eigenvalue weighted by Crippen LogP contribution is 2.32. The number of fused-ring (bicyclic) bond motifs is 1. The van der Waals surface area contributed by atoms with Gasteiger partial charge in [-0.05, 0) is 70.0 Å². The molecule has 3 heterocycles. The number of hydrogen-bond donors (Lipinski definition) is 3. The number of rotatable bonds is 6.